The number of aromatic nitrogens is 1. The van der Waals surface area contributed by atoms with Crippen LogP contribution < -0.4 is 15.2 Å². The number of benzene rings is 3. The number of halogens is 3. The molecule has 1 unspecified atom stereocenters. The predicted molar refractivity (Wildman–Crippen MR) is 111 cm³/mol. The van der Waals surface area contributed by atoms with Gasteiger partial charge in [-0.3, -0.25) is 0 Å². The number of ether oxygens (including phenoxy) is 2. The number of hydrogen-bond acceptors (Lipinski definition) is 5. The van der Waals surface area contributed by atoms with Gasteiger partial charge in [-0.25, -0.2) is 22.9 Å². The van der Waals surface area contributed by atoms with Gasteiger partial charge < -0.3 is 15.2 Å². The Balaban J connectivity index is 1.58. The minimum Gasteiger partial charge on any atom is -0.486 e. The number of carbonyl (C=O) groups excluding carboxylic acids is 1. The number of nitrogens with two attached hydrogens (primary N) is 1. The van der Waals surface area contributed by atoms with E-state index in [0.717, 1.165) is 22.4 Å². The zero-order valence-corrected chi connectivity index (χ0v) is 16.9. The summed E-state index contributed by atoms with van der Waals surface area (Å²) in [5.41, 5.74) is 6.03. The molecule has 3 aromatic carbocycles. The van der Waals surface area contributed by atoms with Gasteiger partial charge in [0.1, 0.15) is 28.4 Å². The number of fused-ring (bicyclic) bond motifs is 1. The van der Waals surface area contributed by atoms with Crippen LogP contribution in [0.25, 0.3) is 20.8 Å². The molecule has 4 aromatic rings. The molecule has 9 heteroatoms. The lowest BCUT2D eigenvalue weighted by Gasteiger charge is -2.16. The molecule has 5 nitrogen and oxygen atoms in total. The zero-order valence-electron chi connectivity index (χ0n) is 16.1. The molecule has 31 heavy (non-hydrogen) atoms. The van der Waals surface area contributed by atoms with Crippen LogP contribution in [0.4, 0.5) is 18.0 Å². The number of hydrogen-bond donors (Lipinski definition) is 1. The van der Waals surface area contributed by atoms with Gasteiger partial charge in [0.25, 0.3) is 0 Å². The van der Waals surface area contributed by atoms with Crippen LogP contribution in [0.2, 0.25) is 0 Å². The maximum Gasteiger partial charge on any atom is 0.409 e. The van der Waals surface area contributed by atoms with Crippen LogP contribution in [-0.2, 0) is 0 Å². The molecule has 0 spiro atoms. The Morgan fingerprint density at radius 3 is 2.39 bits per heavy atom. The summed E-state index contributed by atoms with van der Waals surface area (Å²) < 4.78 is 52.8. The van der Waals surface area contributed by atoms with Gasteiger partial charge >= 0.3 is 6.09 Å². The third-order valence-electron chi connectivity index (χ3n) is 4.48. The van der Waals surface area contributed by atoms with E-state index in [1.807, 2.05) is 0 Å². The molecule has 0 aliphatic carbocycles. The highest BCUT2D eigenvalue weighted by Gasteiger charge is 2.21. The van der Waals surface area contributed by atoms with Gasteiger partial charge in [-0.2, -0.15) is 0 Å². The second kappa shape index (κ2) is 8.27. The van der Waals surface area contributed by atoms with E-state index in [0.29, 0.717) is 22.0 Å². The van der Waals surface area contributed by atoms with E-state index in [1.165, 1.54) is 18.3 Å². The van der Waals surface area contributed by atoms with E-state index in [4.69, 9.17) is 15.2 Å². The molecule has 1 atom stereocenters. The number of primary amides is 1. The van der Waals surface area contributed by atoms with Crippen molar-refractivity contribution in [1.82, 2.24) is 4.98 Å². The van der Waals surface area contributed by atoms with Crippen LogP contribution >= 0.6 is 11.3 Å². The lowest BCUT2D eigenvalue weighted by molar-refractivity contribution is 0.211. The maximum absolute atomic E-state index is 14.0. The van der Waals surface area contributed by atoms with Crippen molar-refractivity contribution in [3.05, 3.63) is 77.6 Å². The van der Waals surface area contributed by atoms with Gasteiger partial charge in [-0.05, 0) is 61.5 Å². The molecule has 1 heterocycles. The van der Waals surface area contributed by atoms with Crippen molar-refractivity contribution in [2.45, 2.75) is 13.0 Å². The average molecular weight is 444 g/mol. The number of thiazole rings is 1. The fraction of sp³-hybridized carbons (Fsp3) is 0.0909. The van der Waals surface area contributed by atoms with Crippen LogP contribution in [0.5, 0.6) is 11.5 Å². The fourth-order valence-electron chi connectivity index (χ4n) is 3.06. The summed E-state index contributed by atoms with van der Waals surface area (Å²) in [5.74, 6) is -2.60. The molecule has 0 bridgehead atoms. The Bertz CT molecular complexity index is 1280. The molecule has 0 radical (unpaired) electrons. The fourth-order valence-corrected chi connectivity index (χ4v) is 4.06. The van der Waals surface area contributed by atoms with E-state index in [2.05, 4.69) is 4.98 Å². The van der Waals surface area contributed by atoms with Gasteiger partial charge in [-0.15, -0.1) is 11.3 Å². The first-order valence-corrected chi connectivity index (χ1v) is 9.92. The number of rotatable bonds is 5. The van der Waals surface area contributed by atoms with E-state index < -0.39 is 35.2 Å². The van der Waals surface area contributed by atoms with Crippen molar-refractivity contribution in [3.8, 4) is 22.1 Å². The molecule has 0 aliphatic rings. The Morgan fingerprint density at radius 1 is 1.00 bits per heavy atom. The summed E-state index contributed by atoms with van der Waals surface area (Å²) in [6.07, 6.45) is -1.94. The van der Waals surface area contributed by atoms with Crippen molar-refractivity contribution in [2.24, 2.45) is 5.73 Å². The Kier molecular flexibility index (Phi) is 5.51. The van der Waals surface area contributed by atoms with E-state index >= 15 is 0 Å². The molecular weight excluding hydrogens is 429 g/mol. The Labute approximate surface area is 178 Å². The average Bonchev–Trinajstić information content (AvgIpc) is 3.14. The van der Waals surface area contributed by atoms with Gasteiger partial charge in [0, 0.05) is 5.56 Å². The van der Waals surface area contributed by atoms with Crippen LogP contribution in [0.15, 0.2) is 54.6 Å². The molecule has 1 aromatic heterocycles. The number of carbonyl (C=O) groups is 1. The normalized spacial score (nSPS) is 12.0. The highest BCUT2D eigenvalue weighted by Crippen LogP contribution is 2.34. The van der Waals surface area contributed by atoms with Crippen molar-refractivity contribution < 1.29 is 27.4 Å². The molecule has 0 saturated heterocycles. The lowest BCUT2D eigenvalue weighted by atomic mass is 10.1. The lowest BCUT2D eigenvalue weighted by Crippen LogP contribution is -2.16. The summed E-state index contributed by atoms with van der Waals surface area (Å²) in [4.78, 5) is 15.4. The minimum atomic E-state index is -1.27. The Morgan fingerprint density at radius 2 is 1.68 bits per heavy atom. The molecule has 158 valence electrons. The summed E-state index contributed by atoms with van der Waals surface area (Å²) in [6, 6.07) is 13.3. The topological polar surface area (TPSA) is 74.4 Å². The summed E-state index contributed by atoms with van der Waals surface area (Å²) in [6.45, 7) is 1.44. The van der Waals surface area contributed by atoms with Crippen molar-refractivity contribution in [2.75, 3.05) is 0 Å². The highest BCUT2D eigenvalue weighted by molar-refractivity contribution is 7.21. The third-order valence-corrected chi connectivity index (χ3v) is 5.55. The van der Waals surface area contributed by atoms with Crippen LogP contribution in [0.1, 0.15) is 18.6 Å². The monoisotopic (exact) mass is 444 g/mol. The molecule has 0 aliphatic heterocycles. The number of amides is 1. The van der Waals surface area contributed by atoms with Crippen molar-refractivity contribution in [3.63, 3.8) is 0 Å². The summed E-state index contributed by atoms with van der Waals surface area (Å²) in [5, 5.41) is 0.716. The zero-order chi connectivity index (χ0) is 22.1. The number of nitrogens with zero attached hydrogens (tertiary/aromatic N) is 1. The van der Waals surface area contributed by atoms with Crippen molar-refractivity contribution >= 4 is 27.6 Å². The van der Waals surface area contributed by atoms with Crippen LogP contribution in [0.3, 0.4) is 0 Å². The minimum absolute atomic E-state index is 0.318. The molecule has 2 N–H and O–H groups in total. The first-order chi connectivity index (χ1) is 14.8. The molecule has 0 fully saturated rings. The standard InChI is InChI=1S/C22H15F3N2O3S/c1-11(19-15(23)7-8-16(24)20(19)25)29-14-6-9-17-18(10-14)31-21(27-17)12-2-4-13(5-3-12)30-22(26)28/h2-11H,1H3,(H2,26,28). The summed E-state index contributed by atoms with van der Waals surface area (Å²) in [7, 11) is 0. The SMILES string of the molecule is CC(Oc1ccc2nc(-c3ccc(OC(N)=O)cc3)sc2c1)c1c(F)ccc(F)c1F. The van der Waals surface area contributed by atoms with E-state index in [1.54, 1.807) is 42.5 Å². The smallest absolute Gasteiger partial charge is 0.409 e. The second-order valence-electron chi connectivity index (χ2n) is 6.61. The van der Waals surface area contributed by atoms with Gasteiger partial charge in [0.2, 0.25) is 0 Å². The molecule has 1 amide bonds. The molecule has 4 rings (SSSR count). The Hall–Kier alpha value is -3.59. The molecular formula is C22H15F3N2O3S. The van der Waals surface area contributed by atoms with E-state index in [9.17, 15) is 18.0 Å². The first kappa shape index (κ1) is 20.7. The first-order valence-electron chi connectivity index (χ1n) is 9.10. The van der Waals surface area contributed by atoms with Crippen molar-refractivity contribution in [1.29, 1.82) is 0 Å². The predicted octanol–water partition coefficient (Wildman–Crippen LogP) is 5.98. The van der Waals surface area contributed by atoms with E-state index in [-0.39, 0.29) is 0 Å². The summed E-state index contributed by atoms with van der Waals surface area (Å²) >= 11 is 1.38. The molecule has 0 saturated carbocycles. The van der Waals surface area contributed by atoms with Crippen LogP contribution in [0, 0.1) is 17.5 Å². The third kappa shape index (κ3) is 4.31. The van der Waals surface area contributed by atoms with Gasteiger partial charge in [-0.1, -0.05) is 0 Å². The van der Waals surface area contributed by atoms with Gasteiger partial charge in [0.05, 0.1) is 15.8 Å². The maximum atomic E-state index is 14.0. The second-order valence-corrected chi connectivity index (χ2v) is 7.64. The largest absolute Gasteiger partial charge is 0.486 e. The highest BCUT2D eigenvalue weighted by atomic mass is 32.1. The van der Waals surface area contributed by atoms with Crippen LogP contribution in [-0.4, -0.2) is 11.1 Å². The van der Waals surface area contributed by atoms with Gasteiger partial charge in [0.15, 0.2) is 11.6 Å². The quantitative estimate of drug-likeness (QED) is 0.385.